The molecule has 10 nitrogen and oxygen atoms in total. The van der Waals surface area contributed by atoms with E-state index in [1.807, 2.05) is 9.80 Å². The standard InChI is InChI=1S/C18H21ClN6O4/c19-14-2-1-12(11-13(14)15(26)27)20-16-21-17(24-3-7-28-8-4-24)23-18(22-16)25-5-9-29-10-6-25/h1-2,11H,3-10H2,(H,26,27)(H,20,21,22,23)/p-1. The Morgan fingerprint density at radius 3 is 2.03 bits per heavy atom. The van der Waals surface area contributed by atoms with E-state index in [4.69, 9.17) is 21.1 Å². The Bertz CT molecular complexity index is 850. The van der Waals surface area contributed by atoms with Gasteiger partial charge in [0.15, 0.2) is 0 Å². The molecule has 2 fully saturated rings. The van der Waals surface area contributed by atoms with E-state index in [9.17, 15) is 9.90 Å². The van der Waals surface area contributed by atoms with Gasteiger partial charge in [-0.1, -0.05) is 11.6 Å². The molecule has 2 aliphatic rings. The zero-order valence-electron chi connectivity index (χ0n) is 15.6. The predicted octanol–water partition coefficient (Wildman–Crippen LogP) is 0.305. The first-order chi connectivity index (χ1) is 14.1. The molecule has 2 aromatic rings. The number of benzene rings is 1. The Morgan fingerprint density at radius 2 is 1.52 bits per heavy atom. The van der Waals surface area contributed by atoms with Crippen LogP contribution in [-0.4, -0.2) is 73.5 Å². The van der Waals surface area contributed by atoms with Gasteiger partial charge in [-0.2, -0.15) is 15.0 Å². The number of nitrogens with zero attached hydrogens (tertiary/aromatic N) is 5. The number of rotatable bonds is 5. The number of halogens is 1. The smallest absolute Gasteiger partial charge is 0.233 e. The molecule has 0 atom stereocenters. The summed E-state index contributed by atoms with van der Waals surface area (Å²) in [5, 5.41) is 14.4. The first-order valence-corrected chi connectivity index (χ1v) is 9.67. The topological polar surface area (TPSA) is 116 Å². The maximum absolute atomic E-state index is 11.2. The Labute approximate surface area is 172 Å². The van der Waals surface area contributed by atoms with Crippen molar-refractivity contribution >= 4 is 41.1 Å². The summed E-state index contributed by atoms with van der Waals surface area (Å²) in [6.45, 7) is 5.15. The predicted molar refractivity (Wildman–Crippen MR) is 105 cm³/mol. The van der Waals surface area contributed by atoms with Gasteiger partial charge in [0.05, 0.1) is 32.4 Å². The third-order valence-corrected chi connectivity index (χ3v) is 4.97. The van der Waals surface area contributed by atoms with Crippen LogP contribution in [0.1, 0.15) is 10.4 Å². The summed E-state index contributed by atoms with van der Waals surface area (Å²) in [7, 11) is 0. The summed E-state index contributed by atoms with van der Waals surface area (Å²) in [5.41, 5.74) is 0.383. The number of anilines is 4. The summed E-state index contributed by atoms with van der Waals surface area (Å²) >= 11 is 5.92. The summed E-state index contributed by atoms with van der Waals surface area (Å²) in [6.07, 6.45) is 0. The third kappa shape index (κ3) is 4.66. The van der Waals surface area contributed by atoms with Crippen LogP contribution >= 0.6 is 11.6 Å². The minimum Gasteiger partial charge on any atom is -0.545 e. The van der Waals surface area contributed by atoms with Crippen LogP contribution in [0, 0.1) is 0 Å². The van der Waals surface area contributed by atoms with Gasteiger partial charge in [0.2, 0.25) is 17.8 Å². The number of aromatic nitrogens is 3. The van der Waals surface area contributed by atoms with E-state index in [2.05, 4.69) is 20.3 Å². The van der Waals surface area contributed by atoms with Crippen molar-refractivity contribution in [3.05, 3.63) is 28.8 Å². The van der Waals surface area contributed by atoms with Crippen LogP contribution in [0.2, 0.25) is 5.02 Å². The van der Waals surface area contributed by atoms with Gasteiger partial charge in [-0.25, -0.2) is 0 Å². The van der Waals surface area contributed by atoms with Gasteiger partial charge < -0.3 is 34.5 Å². The van der Waals surface area contributed by atoms with E-state index < -0.39 is 5.97 Å². The molecule has 2 saturated heterocycles. The van der Waals surface area contributed by atoms with Gasteiger partial charge in [-0.15, -0.1) is 0 Å². The van der Waals surface area contributed by atoms with Gasteiger partial charge in [0.1, 0.15) is 0 Å². The SMILES string of the molecule is O=C([O-])c1cc(Nc2nc(N3CCOCC3)nc(N3CCOCC3)n2)ccc1Cl. The number of hydrogen-bond donors (Lipinski definition) is 1. The number of ether oxygens (including phenoxy) is 2. The van der Waals surface area contributed by atoms with Crippen molar-refractivity contribution in [2.24, 2.45) is 0 Å². The van der Waals surface area contributed by atoms with Crippen molar-refractivity contribution in [3.8, 4) is 0 Å². The second-order valence-corrected chi connectivity index (χ2v) is 6.97. The van der Waals surface area contributed by atoms with Crippen molar-refractivity contribution in [3.63, 3.8) is 0 Å². The first-order valence-electron chi connectivity index (χ1n) is 9.29. The Balaban J connectivity index is 1.66. The summed E-state index contributed by atoms with van der Waals surface area (Å²) < 4.78 is 10.8. The number of morpholine rings is 2. The molecular weight excluding hydrogens is 400 g/mol. The Hall–Kier alpha value is -2.69. The van der Waals surface area contributed by atoms with E-state index in [0.717, 1.165) is 0 Å². The van der Waals surface area contributed by atoms with Crippen LogP contribution in [0.4, 0.5) is 23.5 Å². The number of carboxylic acid groups (broad SMARTS) is 1. The molecule has 0 aliphatic carbocycles. The fraction of sp³-hybridized carbons (Fsp3) is 0.444. The average Bonchev–Trinajstić information content (AvgIpc) is 2.76. The van der Waals surface area contributed by atoms with E-state index in [-0.39, 0.29) is 10.6 Å². The lowest BCUT2D eigenvalue weighted by atomic mass is 10.2. The molecule has 154 valence electrons. The number of aromatic carboxylic acids is 1. The van der Waals surface area contributed by atoms with Crippen molar-refractivity contribution in [1.82, 2.24) is 15.0 Å². The van der Waals surface area contributed by atoms with E-state index >= 15 is 0 Å². The molecule has 0 spiro atoms. The highest BCUT2D eigenvalue weighted by molar-refractivity contribution is 6.33. The van der Waals surface area contributed by atoms with Crippen LogP contribution in [0.15, 0.2) is 18.2 Å². The molecule has 11 heteroatoms. The molecular formula is C18H20ClN6O4-. The Morgan fingerprint density at radius 1 is 0.966 bits per heavy atom. The fourth-order valence-corrected chi connectivity index (χ4v) is 3.30. The maximum atomic E-state index is 11.2. The molecule has 0 unspecified atom stereocenters. The number of nitrogens with one attached hydrogen (secondary N) is 1. The largest absolute Gasteiger partial charge is 0.545 e. The number of carbonyl (C=O) groups excluding carboxylic acids is 1. The fourth-order valence-electron chi connectivity index (χ4n) is 3.11. The second kappa shape index (κ2) is 8.76. The number of carbonyl (C=O) groups is 1. The highest BCUT2D eigenvalue weighted by Crippen LogP contribution is 2.24. The zero-order chi connectivity index (χ0) is 20.2. The molecule has 0 amide bonds. The molecule has 3 heterocycles. The van der Waals surface area contributed by atoms with E-state index in [1.54, 1.807) is 6.07 Å². The van der Waals surface area contributed by atoms with E-state index in [1.165, 1.54) is 12.1 Å². The highest BCUT2D eigenvalue weighted by Gasteiger charge is 2.21. The lowest BCUT2D eigenvalue weighted by molar-refractivity contribution is -0.255. The van der Waals surface area contributed by atoms with Crippen molar-refractivity contribution in [2.45, 2.75) is 0 Å². The number of carboxylic acids is 1. The monoisotopic (exact) mass is 419 g/mol. The molecule has 0 saturated carbocycles. The average molecular weight is 420 g/mol. The van der Waals surface area contributed by atoms with Crippen molar-refractivity contribution in [2.75, 3.05) is 67.7 Å². The van der Waals surface area contributed by atoms with Gasteiger partial charge in [-0.05, 0) is 18.2 Å². The first kappa shape index (κ1) is 19.6. The summed E-state index contributed by atoms with van der Waals surface area (Å²) in [5.74, 6) is 0.0506. The lowest BCUT2D eigenvalue weighted by Gasteiger charge is -2.30. The quantitative estimate of drug-likeness (QED) is 0.725. The molecule has 1 N–H and O–H groups in total. The normalized spacial score (nSPS) is 17.3. The zero-order valence-corrected chi connectivity index (χ0v) is 16.4. The second-order valence-electron chi connectivity index (χ2n) is 6.56. The summed E-state index contributed by atoms with van der Waals surface area (Å²) in [6, 6.07) is 4.54. The molecule has 0 bridgehead atoms. The molecule has 1 aromatic carbocycles. The Kier molecular flexibility index (Phi) is 5.93. The highest BCUT2D eigenvalue weighted by atomic mass is 35.5. The van der Waals surface area contributed by atoms with Crippen LogP contribution in [-0.2, 0) is 9.47 Å². The van der Waals surface area contributed by atoms with Gasteiger partial charge in [0.25, 0.3) is 0 Å². The van der Waals surface area contributed by atoms with Gasteiger partial charge in [-0.3, -0.25) is 0 Å². The minimum absolute atomic E-state index is 0.104. The van der Waals surface area contributed by atoms with Crippen molar-refractivity contribution < 1.29 is 19.4 Å². The number of hydrogen-bond acceptors (Lipinski definition) is 10. The maximum Gasteiger partial charge on any atom is 0.233 e. The van der Waals surface area contributed by atoms with Crippen LogP contribution < -0.4 is 20.2 Å². The summed E-state index contributed by atoms with van der Waals surface area (Å²) in [4.78, 5) is 29.0. The van der Waals surface area contributed by atoms with Crippen molar-refractivity contribution in [1.29, 1.82) is 0 Å². The third-order valence-electron chi connectivity index (χ3n) is 4.64. The molecule has 2 aliphatic heterocycles. The van der Waals surface area contributed by atoms with Gasteiger partial charge in [0, 0.05) is 42.5 Å². The molecule has 1 aromatic heterocycles. The molecule has 0 radical (unpaired) electrons. The van der Waals surface area contributed by atoms with Crippen LogP contribution in [0.3, 0.4) is 0 Å². The minimum atomic E-state index is -1.35. The van der Waals surface area contributed by atoms with Crippen LogP contribution in [0.5, 0.6) is 0 Å². The van der Waals surface area contributed by atoms with Crippen LogP contribution in [0.25, 0.3) is 0 Å². The molecule has 4 rings (SSSR count). The van der Waals surface area contributed by atoms with Gasteiger partial charge >= 0.3 is 0 Å². The lowest BCUT2D eigenvalue weighted by Crippen LogP contribution is -2.40. The van der Waals surface area contributed by atoms with E-state index in [0.29, 0.717) is 76.1 Å². The molecule has 29 heavy (non-hydrogen) atoms.